The Kier molecular flexibility index (Phi) is 2.56. The van der Waals surface area contributed by atoms with Crippen molar-refractivity contribution in [2.24, 2.45) is 0 Å². The third-order valence-electron chi connectivity index (χ3n) is 1.75. The van der Waals surface area contributed by atoms with Gasteiger partial charge in [-0.3, -0.25) is 0 Å². The maximum Gasteiger partial charge on any atom is 0.161 e. The molecule has 72 valence electrons. The van der Waals surface area contributed by atoms with Gasteiger partial charge in [0.25, 0.3) is 0 Å². The van der Waals surface area contributed by atoms with E-state index in [2.05, 4.69) is 9.97 Å². The fourth-order valence-electron chi connectivity index (χ4n) is 1.12. The van der Waals surface area contributed by atoms with E-state index in [1.54, 1.807) is 6.07 Å². The third kappa shape index (κ3) is 1.67. The van der Waals surface area contributed by atoms with E-state index in [1.165, 1.54) is 23.9 Å². The summed E-state index contributed by atoms with van der Waals surface area (Å²) in [6.07, 6.45) is 1.85. The number of halogens is 2. The highest BCUT2D eigenvalue weighted by Crippen LogP contribution is 2.24. The summed E-state index contributed by atoms with van der Waals surface area (Å²) in [6, 6.07) is 4.25. The van der Waals surface area contributed by atoms with Gasteiger partial charge in [-0.2, -0.15) is 0 Å². The minimum absolute atomic E-state index is 0.318. The van der Waals surface area contributed by atoms with Gasteiger partial charge in [0.1, 0.15) is 10.8 Å². The normalized spacial score (nSPS) is 10.8. The zero-order valence-corrected chi connectivity index (χ0v) is 8.86. The Morgan fingerprint density at radius 2 is 2.07 bits per heavy atom. The van der Waals surface area contributed by atoms with E-state index in [-0.39, 0.29) is 5.82 Å². The molecule has 5 heteroatoms. The lowest BCUT2D eigenvalue weighted by Crippen LogP contribution is -1.89. The summed E-state index contributed by atoms with van der Waals surface area (Å²) >= 11 is 7.24. The smallest absolute Gasteiger partial charge is 0.161 e. The first kappa shape index (κ1) is 9.68. The Morgan fingerprint density at radius 1 is 1.29 bits per heavy atom. The molecule has 0 unspecified atom stereocenters. The summed E-state index contributed by atoms with van der Waals surface area (Å²) < 4.78 is 12.9. The second kappa shape index (κ2) is 3.71. The van der Waals surface area contributed by atoms with Gasteiger partial charge in [0.2, 0.25) is 0 Å². The van der Waals surface area contributed by atoms with Crippen LogP contribution in [0.5, 0.6) is 0 Å². The third-order valence-corrected chi connectivity index (χ3v) is 2.79. The molecule has 0 saturated heterocycles. The molecular weight excluding hydrogens is 223 g/mol. The van der Waals surface area contributed by atoms with Gasteiger partial charge in [0, 0.05) is 6.07 Å². The van der Waals surface area contributed by atoms with E-state index in [0.29, 0.717) is 21.2 Å². The van der Waals surface area contributed by atoms with Gasteiger partial charge in [-0.05, 0) is 18.4 Å². The first-order chi connectivity index (χ1) is 6.70. The molecule has 0 aliphatic heterocycles. The molecule has 0 radical (unpaired) electrons. The number of nitrogens with zero attached hydrogens (tertiary/aromatic N) is 2. The zero-order chi connectivity index (χ0) is 10.1. The number of hydrogen-bond donors (Lipinski definition) is 0. The van der Waals surface area contributed by atoms with Crippen molar-refractivity contribution in [3.63, 3.8) is 0 Å². The molecular formula is C9H6ClFN2S. The van der Waals surface area contributed by atoms with Gasteiger partial charge in [0.05, 0.1) is 11.0 Å². The molecule has 0 fully saturated rings. The lowest BCUT2D eigenvalue weighted by Gasteiger charge is -2.01. The summed E-state index contributed by atoms with van der Waals surface area (Å²) in [7, 11) is 0. The van der Waals surface area contributed by atoms with Crippen molar-refractivity contribution in [2.45, 2.75) is 5.03 Å². The maximum atomic E-state index is 12.9. The van der Waals surface area contributed by atoms with Crippen LogP contribution in [-0.4, -0.2) is 16.2 Å². The van der Waals surface area contributed by atoms with Crippen LogP contribution in [0.3, 0.4) is 0 Å². The van der Waals surface area contributed by atoms with Crippen LogP contribution >= 0.6 is 23.4 Å². The molecule has 14 heavy (non-hydrogen) atoms. The van der Waals surface area contributed by atoms with Gasteiger partial charge in [-0.15, -0.1) is 11.8 Å². The van der Waals surface area contributed by atoms with Crippen LogP contribution in [0.25, 0.3) is 11.0 Å². The average Bonchev–Trinajstić information content (AvgIpc) is 2.17. The van der Waals surface area contributed by atoms with E-state index in [9.17, 15) is 4.39 Å². The van der Waals surface area contributed by atoms with Crippen LogP contribution in [0.1, 0.15) is 0 Å². The van der Waals surface area contributed by atoms with Crippen LogP contribution < -0.4 is 0 Å². The van der Waals surface area contributed by atoms with Crippen molar-refractivity contribution in [2.75, 3.05) is 6.26 Å². The highest BCUT2D eigenvalue weighted by molar-refractivity contribution is 7.98. The zero-order valence-electron chi connectivity index (χ0n) is 7.29. The molecule has 2 nitrogen and oxygen atoms in total. The molecule has 0 spiro atoms. The fourth-order valence-corrected chi connectivity index (χ4v) is 1.89. The van der Waals surface area contributed by atoms with E-state index in [4.69, 9.17) is 11.6 Å². The Hall–Kier alpha value is -0.870. The molecule has 0 N–H and O–H groups in total. The van der Waals surface area contributed by atoms with Crippen molar-refractivity contribution >= 4 is 34.4 Å². The summed E-state index contributed by atoms with van der Waals surface area (Å²) in [6.45, 7) is 0. The van der Waals surface area contributed by atoms with Crippen molar-refractivity contribution in [1.29, 1.82) is 0 Å². The Morgan fingerprint density at radius 3 is 2.79 bits per heavy atom. The van der Waals surface area contributed by atoms with Crippen LogP contribution in [0, 0.1) is 5.82 Å². The monoisotopic (exact) mass is 228 g/mol. The first-order valence-electron chi connectivity index (χ1n) is 3.87. The SMILES string of the molecule is CSc1nc2cc(F)ccc2nc1Cl. The van der Waals surface area contributed by atoms with E-state index < -0.39 is 0 Å². The van der Waals surface area contributed by atoms with Crippen LogP contribution in [-0.2, 0) is 0 Å². The number of thioether (sulfide) groups is 1. The highest BCUT2D eigenvalue weighted by atomic mass is 35.5. The molecule has 1 heterocycles. The topological polar surface area (TPSA) is 25.8 Å². The lowest BCUT2D eigenvalue weighted by molar-refractivity contribution is 0.629. The Bertz CT molecular complexity index is 489. The molecule has 0 atom stereocenters. The summed E-state index contributed by atoms with van der Waals surface area (Å²) in [5, 5.41) is 0.973. The molecule has 0 aliphatic carbocycles. The summed E-state index contributed by atoms with van der Waals surface area (Å²) in [5.74, 6) is -0.318. The summed E-state index contributed by atoms with van der Waals surface area (Å²) in [5.41, 5.74) is 1.13. The number of aromatic nitrogens is 2. The molecule has 1 aromatic carbocycles. The molecule has 1 aromatic heterocycles. The van der Waals surface area contributed by atoms with E-state index in [0.717, 1.165) is 0 Å². The Labute approximate surface area is 89.5 Å². The predicted molar refractivity (Wildman–Crippen MR) is 56.3 cm³/mol. The molecule has 0 bridgehead atoms. The standard InChI is InChI=1S/C9H6ClFN2S/c1-14-9-8(10)12-6-3-2-5(11)4-7(6)13-9/h2-4H,1H3. The second-order valence-corrected chi connectivity index (χ2v) is 3.81. The van der Waals surface area contributed by atoms with E-state index in [1.807, 2.05) is 6.26 Å². The number of benzene rings is 1. The predicted octanol–water partition coefficient (Wildman–Crippen LogP) is 3.14. The highest BCUT2D eigenvalue weighted by Gasteiger charge is 2.05. The van der Waals surface area contributed by atoms with Crippen molar-refractivity contribution in [3.8, 4) is 0 Å². The minimum Gasteiger partial charge on any atom is -0.236 e. The van der Waals surface area contributed by atoms with Gasteiger partial charge in [0.15, 0.2) is 5.15 Å². The number of hydrogen-bond acceptors (Lipinski definition) is 3. The average molecular weight is 229 g/mol. The number of fused-ring (bicyclic) bond motifs is 1. The second-order valence-electron chi connectivity index (χ2n) is 2.66. The quantitative estimate of drug-likeness (QED) is 0.702. The largest absolute Gasteiger partial charge is 0.236 e. The van der Waals surface area contributed by atoms with Crippen molar-refractivity contribution < 1.29 is 4.39 Å². The first-order valence-corrected chi connectivity index (χ1v) is 5.48. The van der Waals surface area contributed by atoms with Crippen LogP contribution in [0.2, 0.25) is 5.15 Å². The van der Waals surface area contributed by atoms with Gasteiger partial charge in [-0.25, -0.2) is 14.4 Å². The van der Waals surface area contributed by atoms with Crippen LogP contribution in [0.4, 0.5) is 4.39 Å². The van der Waals surface area contributed by atoms with Crippen molar-refractivity contribution in [3.05, 3.63) is 29.2 Å². The van der Waals surface area contributed by atoms with Crippen LogP contribution in [0.15, 0.2) is 23.2 Å². The molecule has 2 aromatic rings. The minimum atomic E-state index is -0.318. The molecule has 2 rings (SSSR count). The molecule has 0 amide bonds. The van der Waals surface area contributed by atoms with Crippen molar-refractivity contribution in [1.82, 2.24) is 9.97 Å². The van der Waals surface area contributed by atoms with Gasteiger partial charge in [-0.1, -0.05) is 11.6 Å². The summed E-state index contributed by atoms with van der Waals surface area (Å²) in [4.78, 5) is 8.29. The molecule has 0 aliphatic rings. The lowest BCUT2D eigenvalue weighted by atomic mass is 10.3. The maximum absolute atomic E-state index is 12.9. The van der Waals surface area contributed by atoms with Gasteiger partial charge >= 0.3 is 0 Å². The van der Waals surface area contributed by atoms with E-state index >= 15 is 0 Å². The van der Waals surface area contributed by atoms with Gasteiger partial charge < -0.3 is 0 Å². The Balaban J connectivity index is 2.73. The number of rotatable bonds is 1. The molecule has 0 saturated carbocycles. The fraction of sp³-hybridized carbons (Fsp3) is 0.111.